The number of aromatic hydroxyl groups is 1. The summed E-state index contributed by atoms with van der Waals surface area (Å²) in [7, 11) is 0. The maximum absolute atomic E-state index is 11.5. The van der Waals surface area contributed by atoms with Crippen molar-refractivity contribution in [1.82, 2.24) is 0 Å². The molecule has 0 radical (unpaired) electrons. The first kappa shape index (κ1) is 20.7. The molecule has 3 aromatic carbocycles. The molecule has 1 heterocycles. The number of carbonyl (C=O) groups is 1. The Morgan fingerprint density at radius 3 is 2.65 bits per heavy atom. The lowest BCUT2D eigenvalue weighted by Gasteiger charge is -2.38. The van der Waals surface area contributed by atoms with E-state index in [0.717, 1.165) is 21.9 Å². The number of ether oxygens (including phenoxy) is 2. The number of azide groups is 1. The molecule has 0 spiro atoms. The maximum Gasteiger partial charge on any atom is 0.303 e. The third kappa shape index (κ3) is 4.19. The van der Waals surface area contributed by atoms with Crippen LogP contribution in [0.4, 0.5) is 0 Å². The average Bonchev–Trinajstić information content (AvgIpc) is 2.76. The van der Waals surface area contributed by atoms with Crippen LogP contribution in [0.5, 0.6) is 5.75 Å². The molecule has 0 saturated carbocycles. The second kappa shape index (κ2) is 8.68. The number of fused-ring (bicyclic) bond motifs is 1. The minimum Gasteiger partial charge on any atom is -0.508 e. The summed E-state index contributed by atoms with van der Waals surface area (Å²) >= 11 is 0. The Balaban J connectivity index is 1.74. The minimum atomic E-state index is -0.675. The summed E-state index contributed by atoms with van der Waals surface area (Å²) in [6.07, 6.45) is -1.40. The summed E-state index contributed by atoms with van der Waals surface area (Å²) in [6.45, 7) is 3.09. The van der Waals surface area contributed by atoms with Crippen molar-refractivity contribution in [3.05, 3.63) is 76.7 Å². The molecule has 1 N–H and O–H groups in total. The number of hydrogen-bond donors (Lipinski definition) is 1. The molecule has 1 fully saturated rings. The van der Waals surface area contributed by atoms with E-state index in [4.69, 9.17) is 15.0 Å². The zero-order valence-electron chi connectivity index (χ0n) is 17.3. The van der Waals surface area contributed by atoms with Gasteiger partial charge >= 0.3 is 5.97 Å². The molecule has 3 aromatic rings. The number of carbonyl (C=O) groups excluding carboxylic acids is 1. The fraction of sp³-hybridized carbons (Fsp3) is 0.292. The lowest BCUT2D eigenvalue weighted by Crippen LogP contribution is -2.45. The van der Waals surface area contributed by atoms with Crippen molar-refractivity contribution in [2.24, 2.45) is 5.11 Å². The maximum atomic E-state index is 11.5. The minimum absolute atomic E-state index is 0.114. The molecule has 1 aliphatic heterocycles. The lowest BCUT2D eigenvalue weighted by molar-refractivity contribution is -0.171. The molecule has 7 nitrogen and oxygen atoms in total. The van der Waals surface area contributed by atoms with Gasteiger partial charge in [-0.15, -0.1) is 0 Å². The van der Waals surface area contributed by atoms with E-state index in [2.05, 4.69) is 16.1 Å². The standard InChI is InChI=1S/C24H23N3O4/c1-14-24(31-15(2)28)20(26-27-25)13-22(30-14)23-19-10-8-17(16-6-4-3-5-7-16)12-18(19)9-11-21(23)29/h3-12,14,20,22,24,29H,13H2,1-2H3/t14?,20-,22-,24?/m1/s1. The molecule has 0 amide bonds. The van der Waals surface area contributed by atoms with E-state index in [9.17, 15) is 9.90 Å². The number of benzene rings is 3. The van der Waals surface area contributed by atoms with Crippen molar-refractivity contribution in [2.45, 2.75) is 44.6 Å². The Bertz CT molecular complexity index is 1160. The first-order valence-electron chi connectivity index (χ1n) is 10.2. The van der Waals surface area contributed by atoms with E-state index in [0.29, 0.717) is 12.0 Å². The van der Waals surface area contributed by atoms with Crippen molar-refractivity contribution in [2.75, 3.05) is 0 Å². The van der Waals surface area contributed by atoms with Crippen LogP contribution in [-0.2, 0) is 14.3 Å². The molecular formula is C24H23N3O4. The molecule has 1 aliphatic rings. The third-order valence-electron chi connectivity index (χ3n) is 5.65. The Hall–Kier alpha value is -3.54. The van der Waals surface area contributed by atoms with E-state index in [1.54, 1.807) is 13.0 Å². The van der Waals surface area contributed by atoms with Crippen molar-refractivity contribution in [3.63, 3.8) is 0 Å². The predicted octanol–water partition coefficient (Wildman–Crippen LogP) is 5.67. The Morgan fingerprint density at radius 1 is 1.16 bits per heavy atom. The second-order valence-electron chi connectivity index (χ2n) is 7.71. The summed E-state index contributed by atoms with van der Waals surface area (Å²) in [5.41, 5.74) is 11.8. The molecular weight excluding hydrogens is 394 g/mol. The summed E-state index contributed by atoms with van der Waals surface area (Å²) in [6, 6.07) is 19.1. The normalized spacial score (nSPS) is 23.2. The molecule has 0 aliphatic carbocycles. The van der Waals surface area contributed by atoms with Crippen LogP contribution in [0, 0.1) is 0 Å². The highest BCUT2D eigenvalue weighted by Gasteiger charge is 2.40. The van der Waals surface area contributed by atoms with Crippen molar-refractivity contribution >= 4 is 16.7 Å². The number of phenolic OH excluding ortho intramolecular Hbond substituents is 1. The summed E-state index contributed by atoms with van der Waals surface area (Å²) in [4.78, 5) is 14.4. The van der Waals surface area contributed by atoms with Gasteiger partial charge in [0.25, 0.3) is 0 Å². The number of hydrogen-bond acceptors (Lipinski definition) is 5. The third-order valence-corrected chi connectivity index (χ3v) is 5.65. The SMILES string of the molecule is CC(=O)OC1C(C)O[C@@H](c2c(O)ccc3cc(-c4ccccc4)ccc23)C[C@H]1N=[N+]=[N-]. The highest BCUT2D eigenvalue weighted by atomic mass is 16.6. The van der Waals surface area contributed by atoms with E-state index < -0.39 is 30.3 Å². The zero-order chi connectivity index (χ0) is 22.0. The van der Waals surface area contributed by atoms with Crippen LogP contribution in [0.25, 0.3) is 32.3 Å². The molecule has 2 unspecified atom stereocenters. The van der Waals surface area contributed by atoms with E-state index >= 15 is 0 Å². The van der Waals surface area contributed by atoms with Gasteiger partial charge in [-0.1, -0.05) is 53.6 Å². The van der Waals surface area contributed by atoms with Gasteiger partial charge in [-0.3, -0.25) is 4.79 Å². The molecule has 0 bridgehead atoms. The molecule has 0 aromatic heterocycles. The number of esters is 1. The fourth-order valence-corrected chi connectivity index (χ4v) is 4.28. The van der Waals surface area contributed by atoms with Gasteiger partial charge in [-0.2, -0.15) is 0 Å². The number of rotatable bonds is 4. The van der Waals surface area contributed by atoms with Gasteiger partial charge in [0.2, 0.25) is 0 Å². The van der Waals surface area contributed by atoms with Gasteiger partial charge in [0.15, 0.2) is 0 Å². The van der Waals surface area contributed by atoms with Crippen LogP contribution in [0.3, 0.4) is 0 Å². The molecule has 4 atom stereocenters. The van der Waals surface area contributed by atoms with Crippen LogP contribution in [0.1, 0.15) is 31.9 Å². The smallest absolute Gasteiger partial charge is 0.303 e. The molecule has 7 heteroatoms. The van der Waals surface area contributed by atoms with Gasteiger partial charge in [0, 0.05) is 17.4 Å². The summed E-state index contributed by atoms with van der Waals surface area (Å²) < 4.78 is 11.5. The Labute approximate surface area is 179 Å². The largest absolute Gasteiger partial charge is 0.508 e. The predicted molar refractivity (Wildman–Crippen MR) is 117 cm³/mol. The quantitative estimate of drug-likeness (QED) is 0.255. The highest BCUT2D eigenvalue weighted by molar-refractivity contribution is 5.91. The van der Waals surface area contributed by atoms with Gasteiger partial charge in [-0.05, 0) is 52.9 Å². The van der Waals surface area contributed by atoms with Crippen LogP contribution >= 0.6 is 0 Å². The topological polar surface area (TPSA) is 105 Å². The first-order valence-corrected chi connectivity index (χ1v) is 10.2. The number of phenols is 1. The van der Waals surface area contributed by atoms with Gasteiger partial charge in [0.05, 0.1) is 18.2 Å². The van der Waals surface area contributed by atoms with Crippen molar-refractivity contribution < 1.29 is 19.4 Å². The molecule has 31 heavy (non-hydrogen) atoms. The first-order chi connectivity index (χ1) is 15.0. The van der Waals surface area contributed by atoms with Gasteiger partial charge in [-0.25, -0.2) is 0 Å². The van der Waals surface area contributed by atoms with Crippen LogP contribution in [0.15, 0.2) is 65.8 Å². The van der Waals surface area contributed by atoms with Crippen LogP contribution in [0.2, 0.25) is 0 Å². The van der Waals surface area contributed by atoms with E-state index in [1.807, 2.05) is 48.5 Å². The van der Waals surface area contributed by atoms with Crippen LogP contribution in [-0.4, -0.2) is 29.3 Å². The monoisotopic (exact) mass is 417 g/mol. The molecule has 1 saturated heterocycles. The van der Waals surface area contributed by atoms with Gasteiger partial charge in [0.1, 0.15) is 11.9 Å². The Kier molecular flexibility index (Phi) is 5.80. The molecule has 4 rings (SSSR count). The molecule has 158 valence electrons. The second-order valence-corrected chi connectivity index (χ2v) is 7.71. The lowest BCUT2D eigenvalue weighted by atomic mass is 9.89. The number of nitrogens with zero attached hydrogens (tertiary/aromatic N) is 3. The average molecular weight is 417 g/mol. The van der Waals surface area contributed by atoms with E-state index in [-0.39, 0.29) is 5.75 Å². The summed E-state index contributed by atoms with van der Waals surface area (Å²) in [5, 5.41) is 16.4. The Morgan fingerprint density at radius 2 is 1.94 bits per heavy atom. The summed E-state index contributed by atoms with van der Waals surface area (Å²) in [5.74, 6) is -0.346. The van der Waals surface area contributed by atoms with Crippen molar-refractivity contribution in [1.29, 1.82) is 0 Å². The highest BCUT2D eigenvalue weighted by Crippen LogP contribution is 2.42. The van der Waals surface area contributed by atoms with Crippen LogP contribution < -0.4 is 0 Å². The fourth-order valence-electron chi connectivity index (χ4n) is 4.28. The zero-order valence-corrected chi connectivity index (χ0v) is 17.3. The van der Waals surface area contributed by atoms with Crippen molar-refractivity contribution in [3.8, 4) is 16.9 Å². The van der Waals surface area contributed by atoms with E-state index in [1.165, 1.54) is 6.92 Å². The van der Waals surface area contributed by atoms with Gasteiger partial charge < -0.3 is 14.6 Å².